The van der Waals surface area contributed by atoms with Gasteiger partial charge in [0.1, 0.15) is 12.8 Å². The summed E-state index contributed by atoms with van der Waals surface area (Å²) in [6.45, 7) is 1.37. The summed E-state index contributed by atoms with van der Waals surface area (Å²) in [5.41, 5.74) is 0. The molecule has 3 heteroatoms. The van der Waals surface area contributed by atoms with Crippen LogP contribution in [0.3, 0.4) is 0 Å². The van der Waals surface area contributed by atoms with E-state index in [-0.39, 0.29) is 0 Å². The van der Waals surface area contributed by atoms with Gasteiger partial charge in [0.2, 0.25) is 0 Å². The SMILES string of the molecule is C/C=C/CO[C@H](C=O)CF. The van der Waals surface area contributed by atoms with Crippen LogP contribution < -0.4 is 0 Å². The summed E-state index contributed by atoms with van der Waals surface area (Å²) >= 11 is 0. The molecule has 0 N–H and O–H groups in total. The van der Waals surface area contributed by atoms with Gasteiger partial charge in [-0.2, -0.15) is 0 Å². The van der Waals surface area contributed by atoms with E-state index < -0.39 is 12.8 Å². The molecule has 0 bridgehead atoms. The first-order chi connectivity index (χ1) is 4.85. The van der Waals surface area contributed by atoms with Crippen molar-refractivity contribution in [3.8, 4) is 0 Å². The lowest BCUT2D eigenvalue weighted by atomic mass is 10.4. The summed E-state index contributed by atoms with van der Waals surface area (Å²) in [7, 11) is 0. The second-order valence-corrected chi connectivity index (χ2v) is 1.73. The molecule has 0 spiro atoms. The van der Waals surface area contributed by atoms with Crippen LogP contribution in [0.1, 0.15) is 6.92 Å². The zero-order valence-electron chi connectivity index (χ0n) is 5.92. The number of halogens is 1. The first-order valence-electron chi connectivity index (χ1n) is 3.09. The lowest BCUT2D eigenvalue weighted by molar-refractivity contribution is -0.118. The van der Waals surface area contributed by atoms with Gasteiger partial charge in [-0.3, -0.25) is 0 Å². The minimum absolute atomic E-state index is 0.295. The minimum Gasteiger partial charge on any atom is -0.364 e. The number of rotatable bonds is 5. The van der Waals surface area contributed by atoms with Gasteiger partial charge in [-0.05, 0) is 6.92 Å². The Hall–Kier alpha value is -0.700. The van der Waals surface area contributed by atoms with E-state index in [9.17, 15) is 9.18 Å². The fourth-order valence-corrected chi connectivity index (χ4v) is 0.396. The fourth-order valence-electron chi connectivity index (χ4n) is 0.396. The van der Waals surface area contributed by atoms with Crippen LogP contribution in [0.25, 0.3) is 0 Å². The van der Waals surface area contributed by atoms with E-state index in [1.807, 2.05) is 6.92 Å². The first kappa shape index (κ1) is 9.30. The Balaban J connectivity index is 3.34. The summed E-state index contributed by atoms with van der Waals surface area (Å²) < 4.78 is 16.5. The summed E-state index contributed by atoms with van der Waals surface area (Å²) in [6, 6.07) is 0. The number of allylic oxidation sites excluding steroid dienone is 1. The van der Waals surface area contributed by atoms with Gasteiger partial charge in [0, 0.05) is 0 Å². The fraction of sp³-hybridized carbons (Fsp3) is 0.571. The van der Waals surface area contributed by atoms with Gasteiger partial charge in [0.15, 0.2) is 6.29 Å². The Kier molecular flexibility index (Phi) is 5.97. The molecule has 0 aliphatic carbocycles. The van der Waals surface area contributed by atoms with E-state index in [0.717, 1.165) is 0 Å². The molecule has 0 aliphatic heterocycles. The van der Waals surface area contributed by atoms with Gasteiger partial charge in [0.05, 0.1) is 6.61 Å². The van der Waals surface area contributed by atoms with E-state index in [1.165, 1.54) is 0 Å². The van der Waals surface area contributed by atoms with E-state index >= 15 is 0 Å². The van der Waals surface area contributed by atoms with Crippen molar-refractivity contribution in [2.45, 2.75) is 13.0 Å². The predicted octanol–water partition coefficient (Wildman–Crippen LogP) is 1.12. The van der Waals surface area contributed by atoms with E-state index in [2.05, 4.69) is 0 Å². The summed E-state index contributed by atoms with van der Waals surface area (Å²) in [5, 5.41) is 0. The monoisotopic (exact) mass is 146 g/mol. The molecule has 0 radical (unpaired) electrons. The number of aldehydes is 1. The Morgan fingerprint density at radius 2 is 2.40 bits per heavy atom. The van der Waals surface area contributed by atoms with Gasteiger partial charge >= 0.3 is 0 Å². The molecule has 0 unspecified atom stereocenters. The predicted molar refractivity (Wildman–Crippen MR) is 36.6 cm³/mol. The largest absolute Gasteiger partial charge is 0.364 e. The maximum Gasteiger partial charge on any atom is 0.151 e. The summed E-state index contributed by atoms with van der Waals surface area (Å²) in [5.74, 6) is 0. The van der Waals surface area contributed by atoms with Crippen molar-refractivity contribution in [2.75, 3.05) is 13.3 Å². The molecule has 0 amide bonds. The third-order valence-electron chi connectivity index (χ3n) is 0.946. The normalized spacial score (nSPS) is 13.8. The number of hydrogen-bond donors (Lipinski definition) is 0. The molecule has 0 saturated carbocycles. The van der Waals surface area contributed by atoms with Crippen LogP contribution in [0.2, 0.25) is 0 Å². The molecule has 1 atom stereocenters. The second-order valence-electron chi connectivity index (χ2n) is 1.73. The Bertz CT molecular complexity index is 112. The van der Waals surface area contributed by atoms with E-state index in [0.29, 0.717) is 12.9 Å². The maximum absolute atomic E-state index is 11.7. The molecule has 0 aromatic rings. The van der Waals surface area contributed by atoms with Gasteiger partial charge in [-0.1, -0.05) is 12.2 Å². The highest BCUT2D eigenvalue weighted by atomic mass is 19.1. The Morgan fingerprint density at radius 3 is 2.80 bits per heavy atom. The van der Waals surface area contributed by atoms with Crippen LogP contribution in [0.5, 0.6) is 0 Å². The molecule has 0 heterocycles. The van der Waals surface area contributed by atoms with Crippen molar-refractivity contribution >= 4 is 6.29 Å². The van der Waals surface area contributed by atoms with Crippen molar-refractivity contribution in [3.05, 3.63) is 12.2 Å². The molecule has 0 rings (SSSR count). The van der Waals surface area contributed by atoms with Gasteiger partial charge in [-0.25, -0.2) is 4.39 Å². The molecule has 0 aliphatic rings. The molecule has 0 aromatic carbocycles. The van der Waals surface area contributed by atoms with Crippen LogP contribution in [0.4, 0.5) is 4.39 Å². The molecule has 0 saturated heterocycles. The average molecular weight is 146 g/mol. The summed E-state index contributed by atoms with van der Waals surface area (Å²) in [4.78, 5) is 9.94. The molecule has 58 valence electrons. The van der Waals surface area contributed by atoms with E-state index in [4.69, 9.17) is 4.74 Å². The van der Waals surface area contributed by atoms with Gasteiger partial charge in [-0.15, -0.1) is 0 Å². The Labute approximate surface area is 59.7 Å². The van der Waals surface area contributed by atoms with Crippen LogP contribution in [-0.4, -0.2) is 25.7 Å². The zero-order chi connectivity index (χ0) is 7.82. The maximum atomic E-state index is 11.7. The highest BCUT2D eigenvalue weighted by Crippen LogP contribution is 1.88. The third kappa shape index (κ3) is 4.21. The molecule has 0 aromatic heterocycles. The first-order valence-corrected chi connectivity index (χ1v) is 3.09. The van der Waals surface area contributed by atoms with Crippen LogP contribution in [-0.2, 0) is 9.53 Å². The number of ether oxygens (including phenoxy) is 1. The third-order valence-corrected chi connectivity index (χ3v) is 0.946. The van der Waals surface area contributed by atoms with Gasteiger partial charge < -0.3 is 9.53 Å². The van der Waals surface area contributed by atoms with Gasteiger partial charge in [0.25, 0.3) is 0 Å². The van der Waals surface area contributed by atoms with Crippen molar-refractivity contribution in [1.29, 1.82) is 0 Å². The average Bonchev–Trinajstić information content (AvgIpc) is 1.99. The van der Waals surface area contributed by atoms with Crippen LogP contribution in [0.15, 0.2) is 12.2 Å². The highest BCUT2D eigenvalue weighted by molar-refractivity contribution is 5.56. The van der Waals surface area contributed by atoms with Crippen molar-refractivity contribution < 1.29 is 13.9 Å². The lowest BCUT2D eigenvalue weighted by Crippen LogP contribution is -2.16. The molecular weight excluding hydrogens is 135 g/mol. The zero-order valence-corrected chi connectivity index (χ0v) is 5.92. The lowest BCUT2D eigenvalue weighted by Gasteiger charge is -2.03. The minimum atomic E-state index is -0.892. The Morgan fingerprint density at radius 1 is 1.70 bits per heavy atom. The summed E-state index contributed by atoms with van der Waals surface area (Å²) in [6.07, 6.45) is 3.06. The second kappa shape index (κ2) is 6.42. The molecular formula is C7H11FO2. The highest BCUT2D eigenvalue weighted by Gasteiger charge is 2.03. The number of carbonyl (C=O) groups is 1. The van der Waals surface area contributed by atoms with Crippen molar-refractivity contribution in [1.82, 2.24) is 0 Å². The van der Waals surface area contributed by atoms with Crippen molar-refractivity contribution in [3.63, 3.8) is 0 Å². The number of alkyl halides is 1. The van der Waals surface area contributed by atoms with Crippen LogP contribution in [0, 0.1) is 0 Å². The molecule has 10 heavy (non-hydrogen) atoms. The topological polar surface area (TPSA) is 26.3 Å². The molecule has 2 nitrogen and oxygen atoms in total. The standard InChI is InChI=1S/C7H11FO2/c1-2-3-4-10-7(5-8)6-9/h2-3,6-7H,4-5H2,1H3/b3-2+/t7-/m0/s1. The van der Waals surface area contributed by atoms with Crippen molar-refractivity contribution in [2.24, 2.45) is 0 Å². The van der Waals surface area contributed by atoms with Crippen LogP contribution >= 0.6 is 0 Å². The van der Waals surface area contributed by atoms with E-state index in [1.54, 1.807) is 12.2 Å². The quantitative estimate of drug-likeness (QED) is 0.429. The number of carbonyl (C=O) groups excluding carboxylic acids is 1. The smallest absolute Gasteiger partial charge is 0.151 e. The number of hydrogen-bond acceptors (Lipinski definition) is 2. The molecule has 0 fully saturated rings.